The first-order valence-electron chi connectivity index (χ1n) is 3.78. The van der Waals surface area contributed by atoms with Crippen molar-refractivity contribution in [2.24, 2.45) is 7.05 Å². The fourth-order valence-corrected chi connectivity index (χ4v) is 0.736. The highest BCUT2D eigenvalue weighted by Crippen LogP contribution is 2.07. The second kappa shape index (κ2) is 4.11. The third kappa shape index (κ3) is 2.03. The van der Waals surface area contributed by atoms with E-state index in [0.29, 0.717) is 5.56 Å². The van der Waals surface area contributed by atoms with Crippen molar-refractivity contribution in [3.05, 3.63) is 17.2 Å². The van der Waals surface area contributed by atoms with E-state index < -0.39 is 0 Å². The predicted octanol–water partition coefficient (Wildman–Crippen LogP) is 2.20. The van der Waals surface area contributed by atoms with Crippen LogP contribution in [0.1, 0.15) is 25.1 Å². The normalized spacial score (nSPS) is 8.91. The van der Waals surface area contributed by atoms with Crippen LogP contribution in [-0.4, -0.2) is 9.78 Å². The molecule has 0 spiro atoms. The molecule has 0 radical (unpaired) electrons. The second-order valence-corrected chi connectivity index (χ2v) is 2.12. The highest BCUT2D eigenvalue weighted by Gasteiger charge is 2.05. The maximum absolute atomic E-state index is 12.7. The van der Waals surface area contributed by atoms with Crippen molar-refractivity contribution in [2.75, 3.05) is 0 Å². The molecule has 1 heterocycles. The molecule has 0 aliphatic carbocycles. The van der Waals surface area contributed by atoms with Crippen LogP contribution in [0.25, 0.3) is 0 Å². The molecule has 0 bridgehead atoms. The van der Waals surface area contributed by atoms with Gasteiger partial charge < -0.3 is 0 Å². The first-order chi connectivity index (χ1) is 5.13. The molecule has 0 saturated carbocycles. The van der Waals surface area contributed by atoms with Crippen LogP contribution >= 0.6 is 0 Å². The molecule has 1 rings (SSSR count). The summed E-state index contributed by atoms with van der Waals surface area (Å²) in [6, 6.07) is 0. The lowest BCUT2D eigenvalue weighted by atomic mass is 10.3. The summed E-state index contributed by atoms with van der Waals surface area (Å²) in [5.74, 6) is -0.243. The van der Waals surface area contributed by atoms with E-state index in [1.54, 1.807) is 20.9 Å². The van der Waals surface area contributed by atoms with E-state index in [1.807, 2.05) is 13.8 Å². The Balaban J connectivity index is 0.000000461. The third-order valence-electron chi connectivity index (χ3n) is 1.44. The van der Waals surface area contributed by atoms with E-state index in [9.17, 15) is 4.39 Å². The smallest absolute Gasteiger partial charge is 0.214 e. The SMILES string of the molecule is CC.Cc1nn(C)c(F)c1C. The molecule has 0 unspecified atom stereocenters. The Bertz CT molecular complexity index is 206. The zero-order valence-electron chi connectivity index (χ0n) is 7.77. The number of halogens is 1. The second-order valence-electron chi connectivity index (χ2n) is 2.12. The van der Waals surface area contributed by atoms with Gasteiger partial charge in [0, 0.05) is 12.6 Å². The van der Waals surface area contributed by atoms with Gasteiger partial charge in [0.1, 0.15) is 0 Å². The summed E-state index contributed by atoms with van der Waals surface area (Å²) in [4.78, 5) is 0. The highest BCUT2D eigenvalue weighted by atomic mass is 19.1. The number of rotatable bonds is 0. The van der Waals surface area contributed by atoms with Crippen molar-refractivity contribution >= 4 is 0 Å². The van der Waals surface area contributed by atoms with Gasteiger partial charge in [-0.25, -0.2) is 4.68 Å². The Labute approximate surface area is 67.0 Å². The maximum Gasteiger partial charge on any atom is 0.214 e. The Morgan fingerprint density at radius 3 is 1.82 bits per heavy atom. The highest BCUT2D eigenvalue weighted by molar-refractivity contribution is 5.14. The molecule has 2 nitrogen and oxygen atoms in total. The maximum atomic E-state index is 12.7. The monoisotopic (exact) mass is 158 g/mol. The van der Waals surface area contributed by atoms with Gasteiger partial charge in [-0.1, -0.05) is 13.8 Å². The summed E-state index contributed by atoms with van der Waals surface area (Å²) in [5.41, 5.74) is 1.40. The van der Waals surface area contributed by atoms with Gasteiger partial charge in [0.2, 0.25) is 5.95 Å². The molecule has 0 aromatic carbocycles. The Morgan fingerprint density at radius 1 is 1.27 bits per heavy atom. The van der Waals surface area contributed by atoms with Gasteiger partial charge in [0.05, 0.1) is 5.69 Å². The third-order valence-corrected chi connectivity index (χ3v) is 1.44. The molecule has 0 amide bonds. The summed E-state index contributed by atoms with van der Waals surface area (Å²) >= 11 is 0. The van der Waals surface area contributed by atoms with E-state index in [-0.39, 0.29) is 5.95 Å². The molecule has 0 saturated heterocycles. The van der Waals surface area contributed by atoms with E-state index in [2.05, 4.69) is 5.10 Å². The zero-order chi connectivity index (χ0) is 9.02. The van der Waals surface area contributed by atoms with Crippen LogP contribution in [0.3, 0.4) is 0 Å². The van der Waals surface area contributed by atoms with Crippen LogP contribution in [0.5, 0.6) is 0 Å². The molecular formula is C8H15FN2. The van der Waals surface area contributed by atoms with Crippen LogP contribution < -0.4 is 0 Å². The first-order valence-corrected chi connectivity index (χ1v) is 3.78. The average molecular weight is 158 g/mol. The average Bonchev–Trinajstić information content (AvgIpc) is 2.22. The van der Waals surface area contributed by atoms with Crippen molar-refractivity contribution < 1.29 is 4.39 Å². The van der Waals surface area contributed by atoms with Gasteiger partial charge in [-0.15, -0.1) is 0 Å². The first kappa shape index (κ1) is 10.1. The number of aryl methyl sites for hydroxylation is 2. The molecule has 3 heteroatoms. The molecule has 1 aromatic rings. The van der Waals surface area contributed by atoms with Gasteiger partial charge in [0.25, 0.3) is 0 Å². The topological polar surface area (TPSA) is 17.8 Å². The van der Waals surface area contributed by atoms with Crippen LogP contribution in [-0.2, 0) is 7.05 Å². The van der Waals surface area contributed by atoms with Gasteiger partial charge >= 0.3 is 0 Å². The molecule has 0 aliphatic rings. The van der Waals surface area contributed by atoms with Crippen molar-refractivity contribution in [3.63, 3.8) is 0 Å². The molecule has 0 aliphatic heterocycles. The van der Waals surface area contributed by atoms with Crippen molar-refractivity contribution in [1.82, 2.24) is 9.78 Å². The van der Waals surface area contributed by atoms with Crippen LogP contribution in [0.4, 0.5) is 4.39 Å². The molecular weight excluding hydrogens is 143 g/mol. The lowest BCUT2D eigenvalue weighted by Gasteiger charge is -1.86. The zero-order valence-corrected chi connectivity index (χ0v) is 7.77. The predicted molar refractivity (Wildman–Crippen MR) is 44.0 cm³/mol. The van der Waals surface area contributed by atoms with Crippen LogP contribution in [0, 0.1) is 19.8 Å². The largest absolute Gasteiger partial charge is 0.242 e. The van der Waals surface area contributed by atoms with Crippen molar-refractivity contribution in [1.29, 1.82) is 0 Å². The Kier molecular flexibility index (Phi) is 3.79. The van der Waals surface area contributed by atoms with Crippen molar-refractivity contribution in [3.8, 4) is 0 Å². The van der Waals surface area contributed by atoms with E-state index in [0.717, 1.165) is 5.69 Å². The van der Waals surface area contributed by atoms with Gasteiger partial charge in [0.15, 0.2) is 0 Å². The van der Waals surface area contributed by atoms with E-state index in [1.165, 1.54) is 4.68 Å². The fraction of sp³-hybridized carbons (Fsp3) is 0.625. The quantitative estimate of drug-likeness (QED) is 0.566. The summed E-state index contributed by atoms with van der Waals surface area (Å²) in [6.07, 6.45) is 0. The Morgan fingerprint density at radius 2 is 1.73 bits per heavy atom. The minimum absolute atomic E-state index is 0.243. The van der Waals surface area contributed by atoms with Crippen LogP contribution in [0.15, 0.2) is 0 Å². The lowest BCUT2D eigenvalue weighted by Crippen LogP contribution is -1.93. The standard InChI is InChI=1S/C6H9FN2.C2H6/c1-4-5(2)8-9(3)6(4)7;1-2/h1-3H3;1-2H3. The lowest BCUT2D eigenvalue weighted by molar-refractivity contribution is 0.498. The molecule has 1 aromatic heterocycles. The minimum atomic E-state index is -0.243. The molecule has 11 heavy (non-hydrogen) atoms. The van der Waals surface area contributed by atoms with E-state index in [4.69, 9.17) is 0 Å². The summed E-state index contributed by atoms with van der Waals surface area (Å²) in [7, 11) is 1.59. The summed E-state index contributed by atoms with van der Waals surface area (Å²) in [5, 5.41) is 3.85. The Hall–Kier alpha value is -0.860. The van der Waals surface area contributed by atoms with Gasteiger partial charge in [-0.2, -0.15) is 9.49 Å². The minimum Gasteiger partial charge on any atom is -0.242 e. The molecule has 0 fully saturated rings. The number of nitrogens with zero attached hydrogens (tertiary/aromatic N) is 2. The molecule has 64 valence electrons. The van der Waals surface area contributed by atoms with Gasteiger partial charge in [-0.3, -0.25) is 0 Å². The summed E-state index contributed by atoms with van der Waals surface area (Å²) < 4.78 is 13.9. The van der Waals surface area contributed by atoms with Crippen LogP contribution in [0.2, 0.25) is 0 Å². The van der Waals surface area contributed by atoms with E-state index >= 15 is 0 Å². The van der Waals surface area contributed by atoms with Crippen molar-refractivity contribution in [2.45, 2.75) is 27.7 Å². The summed E-state index contributed by atoms with van der Waals surface area (Å²) in [6.45, 7) is 7.51. The number of aromatic nitrogens is 2. The fourth-order valence-electron chi connectivity index (χ4n) is 0.736. The number of hydrogen-bond acceptors (Lipinski definition) is 1. The number of hydrogen-bond donors (Lipinski definition) is 0. The van der Waals surface area contributed by atoms with Gasteiger partial charge in [-0.05, 0) is 13.8 Å². The molecule has 0 atom stereocenters. The molecule has 0 N–H and O–H groups in total.